The number of hydrogen-bond acceptors (Lipinski definition) is 5. The fourth-order valence-electron chi connectivity index (χ4n) is 2.43. The Labute approximate surface area is 138 Å². The van der Waals surface area contributed by atoms with E-state index >= 15 is 0 Å². The van der Waals surface area contributed by atoms with E-state index in [0.29, 0.717) is 11.1 Å². The summed E-state index contributed by atoms with van der Waals surface area (Å²) < 4.78 is 27.0. The lowest BCUT2D eigenvalue weighted by atomic mass is 10.1. The van der Waals surface area contributed by atoms with Gasteiger partial charge in [0.15, 0.2) is 0 Å². The van der Waals surface area contributed by atoms with Gasteiger partial charge in [-0.05, 0) is 24.3 Å². The predicted octanol–water partition coefficient (Wildman–Crippen LogP) is 2.31. The van der Waals surface area contributed by atoms with Crippen molar-refractivity contribution in [3.63, 3.8) is 0 Å². The van der Waals surface area contributed by atoms with Crippen LogP contribution in [0, 0.1) is 0 Å². The fraction of sp³-hybridized carbons (Fsp3) is 0. The minimum absolute atomic E-state index is 0.183. The van der Waals surface area contributed by atoms with Crippen molar-refractivity contribution in [3.05, 3.63) is 72.4 Å². The zero-order chi connectivity index (χ0) is 17.2. The van der Waals surface area contributed by atoms with Crippen LogP contribution < -0.4 is 5.90 Å². The lowest BCUT2D eigenvalue weighted by Gasteiger charge is -2.09. The van der Waals surface area contributed by atoms with E-state index in [1.54, 1.807) is 42.5 Å². The number of carbonyl (C=O) groups is 1. The molecule has 6 nitrogen and oxygen atoms in total. The Morgan fingerprint density at radius 3 is 2.50 bits per heavy atom. The highest BCUT2D eigenvalue weighted by atomic mass is 32.2. The largest absolute Gasteiger partial charge is 0.370 e. The van der Waals surface area contributed by atoms with E-state index in [1.165, 1.54) is 28.4 Å². The molecule has 0 unspecified atom stereocenters. The van der Waals surface area contributed by atoms with Crippen molar-refractivity contribution >= 4 is 33.0 Å². The zero-order valence-corrected chi connectivity index (χ0v) is 13.3. The molecule has 2 aromatic carbocycles. The van der Waals surface area contributed by atoms with Crippen molar-refractivity contribution in [2.24, 2.45) is 5.90 Å². The SMILES string of the molecule is NOC(=O)/C=C/c1cccc2ccn(S(=O)(=O)c3ccccc3)c12. The number of hydrogen-bond donors (Lipinski definition) is 1. The van der Waals surface area contributed by atoms with Gasteiger partial charge in [-0.3, -0.25) is 0 Å². The molecule has 0 saturated carbocycles. The van der Waals surface area contributed by atoms with E-state index in [2.05, 4.69) is 4.84 Å². The van der Waals surface area contributed by atoms with E-state index < -0.39 is 16.0 Å². The highest BCUT2D eigenvalue weighted by Gasteiger charge is 2.19. The van der Waals surface area contributed by atoms with Crippen LogP contribution in [0.25, 0.3) is 17.0 Å². The first kappa shape index (κ1) is 16.0. The molecule has 0 saturated heterocycles. The number of nitrogens with zero attached hydrogens (tertiary/aromatic N) is 1. The highest BCUT2D eigenvalue weighted by molar-refractivity contribution is 7.90. The van der Waals surface area contributed by atoms with Crippen molar-refractivity contribution in [2.45, 2.75) is 4.90 Å². The van der Waals surface area contributed by atoms with Crippen LogP contribution in [-0.2, 0) is 19.7 Å². The summed E-state index contributed by atoms with van der Waals surface area (Å²) in [6, 6.07) is 15.1. The number of fused-ring (bicyclic) bond motifs is 1. The van der Waals surface area contributed by atoms with E-state index in [0.717, 1.165) is 11.5 Å². The van der Waals surface area contributed by atoms with Gasteiger partial charge in [-0.15, -0.1) is 0 Å². The third-order valence-corrected chi connectivity index (χ3v) is 5.21. The Morgan fingerprint density at radius 1 is 1.04 bits per heavy atom. The van der Waals surface area contributed by atoms with Gasteiger partial charge in [-0.1, -0.05) is 36.4 Å². The fourth-order valence-corrected chi connectivity index (χ4v) is 3.83. The minimum atomic E-state index is -3.75. The smallest absolute Gasteiger partial charge is 0.349 e. The average molecular weight is 342 g/mol. The Bertz CT molecular complexity index is 1020. The molecule has 7 heteroatoms. The molecule has 24 heavy (non-hydrogen) atoms. The van der Waals surface area contributed by atoms with E-state index in [1.807, 2.05) is 0 Å². The molecule has 3 aromatic rings. The summed E-state index contributed by atoms with van der Waals surface area (Å²) in [7, 11) is -3.75. The average Bonchev–Trinajstić information content (AvgIpc) is 3.06. The lowest BCUT2D eigenvalue weighted by Crippen LogP contribution is -2.12. The van der Waals surface area contributed by atoms with Crippen molar-refractivity contribution in [1.29, 1.82) is 0 Å². The molecule has 0 atom stereocenters. The second-order valence-corrected chi connectivity index (χ2v) is 6.80. The first-order valence-electron chi connectivity index (χ1n) is 7.03. The second kappa shape index (κ2) is 6.31. The second-order valence-electron chi connectivity index (χ2n) is 4.98. The Morgan fingerprint density at radius 2 is 1.79 bits per heavy atom. The summed E-state index contributed by atoms with van der Waals surface area (Å²) >= 11 is 0. The molecule has 0 bridgehead atoms. The first-order chi connectivity index (χ1) is 11.5. The quantitative estimate of drug-likeness (QED) is 0.580. The van der Waals surface area contributed by atoms with Crippen LogP contribution in [0.3, 0.4) is 0 Å². The molecule has 0 radical (unpaired) electrons. The third-order valence-electron chi connectivity index (χ3n) is 3.52. The van der Waals surface area contributed by atoms with Crippen LogP contribution >= 0.6 is 0 Å². The van der Waals surface area contributed by atoms with Crippen LogP contribution in [0.4, 0.5) is 0 Å². The number of carbonyl (C=O) groups excluding carboxylic acids is 1. The van der Waals surface area contributed by atoms with Gasteiger partial charge in [0.2, 0.25) is 0 Å². The molecule has 2 N–H and O–H groups in total. The van der Waals surface area contributed by atoms with Crippen LogP contribution in [0.5, 0.6) is 0 Å². The van der Waals surface area contributed by atoms with E-state index in [-0.39, 0.29) is 4.90 Å². The van der Waals surface area contributed by atoms with Crippen molar-refractivity contribution in [2.75, 3.05) is 0 Å². The standard InChI is InChI=1S/C17H14N2O4S/c18-23-16(20)10-9-13-5-4-6-14-11-12-19(17(13)14)24(21,22)15-7-2-1-3-8-15/h1-12H,18H2/b10-9+. The first-order valence-corrected chi connectivity index (χ1v) is 8.47. The number of benzene rings is 2. The molecule has 1 heterocycles. The number of para-hydroxylation sites is 1. The van der Waals surface area contributed by atoms with Gasteiger partial charge in [-0.25, -0.2) is 17.2 Å². The summed E-state index contributed by atoms with van der Waals surface area (Å²) in [5.41, 5.74) is 1.03. The molecule has 0 aliphatic carbocycles. The molecule has 0 spiro atoms. The Balaban J connectivity index is 2.20. The van der Waals surface area contributed by atoms with Gasteiger partial charge < -0.3 is 4.84 Å². The number of rotatable bonds is 4. The summed E-state index contributed by atoms with van der Waals surface area (Å²) in [6.07, 6.45) is 4.10. The monoisotopic (exact) mass is 342 g/mol. The molecule has 0 fully saturated rings. The summed E-state index contributed by atoms with van der Waals surface area (Å²) in [5, 5.41) is 0.734. The van der Waals surface area contributed by atoms with Crippen LogP contribution in [0.15, 0.2) is 71.8 Å². The molecular formula is C17H14N2O4S. The summed E-state index contributed by atoms with van der Waals surface area (Å²) in [5.74, 6) is 4.08. The van der Waals surface area contributed by atoms with Gasteiger partial charge in [0.05, 0.1) is 10.4 Å². The lowest BCUT2D eigenvalue weighted by molar-refractivity contribution is -0.138. The van der Waals surface area contributed by atoms with Crippen molar-refractivity contribution < 1.29 is 18.0 Å². The maximum atomic E-state index is 12.9. The number of nitrogens with two attached hydrogens (primary N) is 1. The Kier molecular flexibility index (Phi) is 4.20. The molecule has 0 amide bonds. The van der Waals surface area contributed by atoms with E-state index in [9.17, 15) is 13.2 Å². The predicted molar refractivity (Wildman–Crippen MR) is 90.3 cm³/mol. The van der Waals surface area contributed by atoms with Gasteiger partial charge in [0.1, 0.15) is 0 Å². The highest BCUT2D eigenvalue weighted by Crippen LogP contribution is 2.26. The molecule has 122 valence electrons. The molecular weight excluding hydrogens is 328 g/mol. The van der Waals surface area contributed by atoms with Gasteiger partial charge in [0.25, 0.3) is 10.0 Å². The van der Waals surface area contributed by atoms with Gasteiger partial charge in [-0.2, -0.15) is 5.90 Å². The maximum absolute atomic E-state index is 12.9. The molecule has 3 rings (SSSR count). The maximum Gasteiger partial charge on any atom is 0.349 e. The summed E-state index contributed by atoms with van der Waals surface area (Å²) in [6.45, 7) is 0. The topological polar surface area (TPSA) is 91.4 Å². The zero-order valence-electron chi connectivity index (χ0n) is 12.5. The van der Waals surface area contributed by atoms with E-state index in [4.69, 9.17) is 5.90 Å². The summed E-state index contributed by atoms with van der Waals surface area (Å²) in [4.78, 5) is 15.5. The van der Waals surface area contributed by atoms with Gasteiger partial charge >= 0.3 is 5.97 Å². The molecule has 1 aromatic heterocycles. The van der Waals surface area contributed by atoms with Gasteiger partial charge in [0, 0.05) is 23.2 Å². The van der Waals surface area contributed by atoms with Crippen LogP contribution in [0.2, 0.25) is 0 Å². The molecule has 0 aliphatic heterocycles. The molecule has 0 aliphatic rings. The van der Waals surface area contributed by atoms with Crippen molar-refractivity contribution in [3.8, 4) is 0 Å². The normalized spacial score (nSPS) is 11.9. The minimum Gasteiger partial charge on any atom is -0.370 e. The van der Waals surface area contributed by atoms with Crippen LogP contribution in [0.1, 0.15) is 5.56 Å². The Hall–Kier alpha value is -2.90. The van der Waals surface area contributed by atoms with Crippen LogP contribution in [-0.4, -0.2) is 18.4 Å². The van der Waals surface area contributed by atoms with Crippen molar-refractivity contribution in [1.82, 2.24) is 3.97 Å². The number of aromatic nitrogens is 1. The third kappa shape index (κ3) is 2.82.